The van der Waals surface area contributed by atoms with Gasteiger partial charge in [-0.25, -0.2) is 15.0 Å². The van der Waals surface area contributed by atoms with E-state index in [0.29, 0.717) is 23.3 Å². The van der Waals surface area contributed by atoms with E-state index in [1.165, 1.54) is 17.3 Å². The fourth-order valence-corrected chi connectivity index (χ4v) is 3.89. The van der Waals surface area contributed by atoms with Crippen LogP contribution < -0.4 is 16.0 Å². The summed E-state index contributed by atoms with van der Waals surface area (Å²) in [6, 6.07) is 8.18. The lowest BCUT2D eigenvalue weighted by atomic mass is 9.92. The molecule has 0 bridgehead atoms. The fourth-order valence-electron chi connectivity index (χ4n) is 3.89. The summed E-state index contributed by atoms with van der Waals surface area (Å²) >= 11 is 0. The van der Waals surface area contributed by atoms with Gasteiger partial charge < -0.3 is 20.9 Å². The first-order chi connectivity index (χ1) is 16.6. The molecule has 0 saturated heterocycles. The van der Waals surface area contributed by atoms with Crippen molar-refractivity contribution in [3.8, 4) is 0 Å². The van der Waals surface area contributed by atoms with Gasteiger partial charge in [-0.1, -0.05) is 26.8 Å². The molecule has 3 aromatic rings. The number of rotatable bonds is 6. The second kappa shape index (κ2) is 9.95. The normalized spacial score (nSPS) is 13.9. The largest absolute Gasteiger partial charge is 0.350 e. The molecule has 0 unspecified atom stereocenters. The Labute approximate surface area is 206 Å². The van der Waals surface area contributed by atoms with E-state index >= 15 is 0 Å². The summed E-state index contributed by atoms with van der Waals surface area (Å²) in [7, 11) is 2.13. The highest BCUT2D eigenvalue weighted by Gasteiger charge is 2.20. The fraction of sp³-hybridized carbons (Fsp3) is 0.423. The number of fused-ring (bicyclic) bond motifs is 1. The van der Waals surface area contributed by atoms with Gasteiger partial charge in [-0.05, 0) is 56.6 Å². The van der Waals surface area contributed by atoms with E-state index < -0.39 is 0 Å². The molecule has 1 aliphatic heterocycles. The van der Waals surface area contributed by atoms with Crippen molar-refractivity contribution in [3.05, 3.63) is 59.0 Å². The van der Waals surface area contributed by atoms with E-state index in [0.717, 1.165) is 30.9 Å². The van der Waals surface area contributed by atoms with Gasteiger partial charge in [0.2, 0.25) is 11.9 Å². The Morgan fingerprint density at radius 3 is 2.54 bits per heavy atom. The number of benzene rings is 1. The topological polar surface area (TPSA) is 108 Å². The molecular formula is C26H34N8O. The zero-order valence-corrected chi connectivity index (χ0v) is 21.3. The number of amides is 1. The number of nitrogens with one attached hydrogen (secondary N) is 3. The molecule has 0 aliphatic carbocycles. The summed E-state index contributed by atoms with van der Waals surface area (Å²) < 4.78 is 0. The Hall–Kier alpha value is -3.59. The van der Waals surface area contributed by atoms with Gasteiger partial charge in [-0.2, -0.15) is 4.98 Å². The van der Waals surface area contributed by atoms with E-state index in [4.69, 9.17) is 0 Å². The van der Waals surface area contributed by atoms with Crippen LogP contribution in [0.25, 0.3) is 0 Å². The molecule has 35 heavy (non-hydrogen) atoms. The molecule has 4 rings (SSSR count). The quantitative estimate of drug-likeness (QED) is 0.488. The van der Waals surface area contributed by atoms with E-state index in [-0.39, 0.29) is 17.4 Å². The summed E-state index contributed by atoms with van der Waals surface area (Å²) in [5.74, 6) is 0.831. The average Bonchev–Trinajstić information content (AvgIpc) is 2.78. The molecule has 3 N–H and O–H groups in total. The van der Waals surface area contributed by atoms with Crippen LogP contribution in [0.3, 0.4) is 0 Å². The minimum absolute atomic E-state index is 0.0249. The molecule has 1 aromatic carbocycles. The monoisotopic (exact) mass is 474 g/mol. The van der Waals surface area contributed by atoms with E-state index in [9.17, 15) is 4.79 Å². The predicted octanol–water partition coefficient (Wildman–Crippen LogP) is 4.18. The lowest BCUT2D eigenvalue weighted by Gasteiger charge is -2.25. The summed E-state index contributed by atoms with van der Waals surface area (Å²) in [6.45, 7) is 12.1. The van der Waals surface area contributed by atoms with E-state index in [2.05, 4.69) is 80.7 Å². The Balaban J connectivity index is 1.64. The molecule has 2 aromatic heterocycles. The lowest BCUT2D eigenvalue weighted by Crippen LogP contribution is -2.31. The molecule has 0 radical (unpaired) electrons. The highest BCUT2D eigenvalue weighted by molar-refractivity contribution is 5.99. The van der Waals surface area contributed by atoms with Gasteiger partial charge in [0.25, 0.3) is 5.91 Å². The van der Waals surface area contributed by atoms with Crippen LogP contribution in [-0.4, -0.2) is 50.4 Å². The molecule has 0 spiro atoms. The molecule has 3 heterocycles. The van der Waals surface area contributed by atoms with Gasteiger partial charge in [0.1, 0.15) is 5.56 Å². The second-order valence-electron chi connectivity index (χ2n) is 10.3. The SMILES string of the molecule is CC(C)NC(=O)c1cnc(Nc2ccc3c(c2)CCN(C)C3)nc1Nc1nccc(C(C)(C)C)n1. The van der Waals surface area contributed by atoms with Gasteiger partial charge in [-0.15, -0.1) is 0 Å². The highest BCUT2D eigenvalue weighted by Crippen LogP contribution is 2.26. The van der Waals surface area contributed by atoms with Crippen LogP contribution in [0.5, 0.6) is 0 Å². The summed E-state index contributed by atoms with van der Waals surface area (Å²) in [6.07, 6.45) is 4.23. The molecule has 0 fully saturated rings. The number of anilines is 4. The molecular weight excluding hydrogens is 440 g/mol. The van der Waals surface area contributed by atoms with Crippen LogP contribution in [0.2, 0.25) is 0 Å². The first-order valence-electron chi connectivity index (χ1n) is 11.9. The van der Waals surface area contributed by atoms with E-state index in [1.807, 2.05) is 26.0 Å². The maximum absolute atomic E-state index is 12.9. The van der Waals surface area contributed by atoms with Crippen molar-refractivity contribution < 1.29 is 4.79 Å². The highest BCUT2D eigenvalue weighted by atomic mass is 16.1. The number of carbonyl (C=O) groups excluding carboxylic acids is 1. The van der Waals surface area contributed by atoms with Gasteiger partial charge in [0, 0.05) is 42.6 Å². The molecule has 1 aliphatic rings. The number of carbonyl (C=O) groups is 1. The molecule has 0 atom stereocenters. The van der Waals surface area contributed by atoms with Gasteiger partial charge in [-0.3, -0.25) is 4.79 Å². The number of likely N-dealkylation sites (N-methyl/N-ethyl adjacent to an activating group) is 1. The van der Waals surface area contributed by atoms with Gasteiger partial charge >= 0.3 is 0 Å². The maximum Gasteiger partial charge on any atom is 0.256 e. The maximum atomic E-state index is 12.9. The standard InChI is InChI=1S/C26H34N8O/c1-16(2)29-23(35)20-14-28-25(30-19-8-7-18-15-34(6)12-10-17(18)13-19)33-22(20)32-24-27-11-9-21(31-24)26(3,4)5/h7-9,11,13-14,16H,10,12,15H2,1-6H3,(H,29,35)(H2,27,28,30,31,32,33). The van der Waals surface area contributed by atoms with Crippen molar-refractivity contribution in [2.24, 2.45) is 0 Å². The number of aromatic nitrogens is 4. The van der Waals surface area contributed by atoms with Crippen LogP contribution in [-0.2, 0) is 18.4 Å². The second-order valence-corrected chi connectivity index (χ2v) is 10.3. The van der Waals surface area contributed by atoms with Crippen molar-refractivity contribution in [2.75, 3.05) is 24.2 Å². The van der Waals surface area contributed by atoms with Crippen LogP contribution in [0.1, 0.15) is 61.8 Å². The third kappa shape index (κ3) is 6.10. The first kappa shape index (κ1) is 24.5. The van der Waals surface area contributed by atoms with Crippen LogP contribution in [0.4, 0.5) is 23.4 Å². The Morgan fingerprint density at radius 1 is 1.03 bits per heavy atom. The average molecular weight is 475 g/mol. The molecule has 9 heteroatoms. The number of nitrogens with zero attached hydrogens (tertiary/aromatic N) is 5. The van der Waals surface area contributed by atoms with Crippen molar-refractivity contribution in [3.63, 3.8) is 0 Å². The Bertz CT molecular complexity index is 1220. The van der Waals surface area contributed by atoms with Gasteiger partial charge in [0.05, 0.1) is 5.69 Å². The van der Waals surface area contributed by atoms with Crippen molar-refractivity contribution in [1.82, 2.24) is 30.2 Å². The zero-order chi connectivity index (χ0) is 25.2. The van der Waals surface area contributed by atoms with Crippen molar-refractivity contribution in [1.29, 1.82) is 0 Å². The molecule has 0 saturated carbocycles. The Morgan fingerprint density at radius 2 is 1.80 bits per heavy atom. The summed E-state index contributed by atoms with van der Waals surface area (Å²) in [4.78, 5) is 33.2. The van der Waals surface area contributed by atoms with Crippen LogP contribution in [0, 0.1) is 0 Å². The Kier molecular flexibility index (Phi) is 6.98. The molecule has 1 amide bonds. The summed E-state index contributed by atoms with van der Waals surface area (Å²) in [5.41, 5.74) is 4.63. The molecule has 9 nitrogen and oxygen atoms in total. The number of hydrogen-bond donors (Lipinski definition) is 3. The smallest absolute Gasteiger partial charge is 0.256 e. The minimum atomic E-state index is -0.265. The third-order valence-corrected chi connectivity index (χ3v) is 5.77. The number of hydrogen-bond acceptors (Lipinski definition) is 8. The van der Waals surface area contributed by atoms with Crippen molar-refractivity contribution >= 4 is 29.3 Å². The zero-order valence-electron chi connectivity index (χ0n) is 21.3. The third-order valence-electron chi connectivity index (χ3n) is 5.77. The van der Waals surface area contributed by atoms with Crippen LogP contribution >= 0.6 is 0 Å². The summed E-state index contributed by atoms with van der Waals surface area (Å²) in [5, 5.41) is 9.33. The van der Waals surface area contributed by atoms with Gasteiger partial charge in [0.15, 0.2) is 5.82 Å². The first-order valence-corrected chi connectivity index (χ1v) is 11.9. The minimum Gasteiger partial charge on any atom is -0.350 e. The lowest BCUT2D eigenvalue weighted by molar-refractivity contribution is 0.0943. The van der Waals surface area contributed by atoms with Crippen molar-refractivity contribution in [2.45, 2.75) is 59.0 Å². The van der Waals surface area contributed by atoms with E-state index in [1.54, 1.807) is 6.20 Å². The molecule has 184 valence electrons. The predicted molar refractivity (Wildman–Crippen MR) is 138 cm³/mol. The van der Waals surface area contributed by atoms with Crippen LogP contribution in [0.15, 0.2) is 36.7 Å².